The first-order valence-corrected chi connectivity index (χ1v) is 7.38. The van der Waals surface area contributed by atoms with E-state index in [0.717, 1.165) is 19.3 Å². The van der Waals surface area contributed by atoms with E-state index < -0.39 is 7.12 Å². The first-order chi connectivity index (χ1) is 10.2. The van der Waals surface area contributed by atoms with Crippen LogP contribution in [0, 0.1) is 0 Å². The molecule has 1 heterocycles. The largest absolute Gasteiger partial charge is 1.00 e. The summed E-state index contributed by atoms with van der Waals surface area (Å²) in [4.78, 5) is 3.90. The molecule has 0 atom stereocenters. The van der Waals surface area contributed by atoms with Crippen LogP contribution in [0.4, 0.5) is 0 Å². The molecule has 118 valence electrons. The Labute approximate surface area is 162 Å². The minimum absolute atomic E-state index is 0. The molecule has 0 N–H and O–H groups in total. The fourth-order valence-electron chi connectivity index (χ4n) is 1.64. The summed E-state index contributed by atoms with van der Waals surface area (Å²) in [6, 6.07) is 0. The van der Waals surface area contributed by atoms with E-state index in [0.29, 0.717) is 31.3 Å². The van der Waals surface area contributed by atoms with Crippen LogP contribution in [0.5, 0.6) is 17.2 Å². The van der Waals surface area contributed by atoms with Crippen LogP contribution in [0.3, 0.4) is 0 Å². The number of rotatable bonds is 10. The molecule has 0 spiro atoms. The number of nitrogens with zero attached hydrogens (tertiary/aromatic N) is 1. The average molecular weight is 309 g/mol. The van der Waals surface area contributed by atoms with Crippen LogP contribution < -0.4 is 67.6 Å². The molecule has 0 unspecified atom stereocenters. The van der Waals surface area contributed by atoms with Crippen LogP contribution in [-0.2, 0) is 0 Å². The third kappa shape index (κ3) is 7.90. The molecule has 1 aromatic rings. The van der Waals surface area contributed by atoms with Crippen molar-refractivity contribution < 1.29 is 62.0 Å². The molecule has 0 fully saturated rings. The molecule has 0 aliphatic carbocycles. The first kappa shape index (κ1) is 25.0. The third-order valence-electron chi connectivity index (χ3n) is 2.57. The number of pyridine rings is 1. The normalized spacial score (nSPS) is 9.43. The summed E-state index contributed by atoms with van der Waals surface area (Å²) in [6.07, 6.45) is 3.72. The van der Waals surface area contributed by atoms with Crippen molar-refractivity contribution in [3.05, 3.63) is 6.20 Å². The van der Waals surface area contributed by atoms with Gasteiger partial charge >= 0.3 is 37.7 Å². The molecule has 0 bridgehead atoms. The van der Waals surface area contributed by atoms with Gasteiger partial charge in [-0.15, -0.1) is 0 Å². The van der Waals surface area contributed by atoms with Crippen molar-refractivity contribution in [2.75, 3.05) is 19.8 Å². The van der Waals surface area contributed by atoms with Gasteiger partial charge < -0.3 is 24.3 Å². The van der Waals surface area contributed by atoms with Crippen molar-refractivity contribution >= 4 is 12.7 Å². The van der Waals surface area contributed by atoms with Crippen molar-refractivity contribution in [1.29, 1.82) is 0 Å². The van der Waals surface area contributed by atoms with Crippen molar-refractivity contribution in [1.82, 2.24) is 4.98 Å². The molecule has 6 nitrogen and oxygen atoms in total. The van der Waals surface area contributed by atoms with E-state index >= 15 is 0 Å². The van der Waals surface area contributed by atoms with E-state index in [4.69, 9.17) is 14.2 Å². The molecule has 0 aromatic carbocycles. The maximum absolute atomic E-state index is 11.3. The Morgan fingerprint density at radius 2 is 1.35 bits per heavy atom. The van der Waals surface area contributed by atoms with Gasteiger partial charge in [0.1, 0.15) is 0 Å². The van der Waals surface area contributed by atoms with Gasteiger partial charge in [0.15, 0.2) is 11.5 Å². The monoisotopic (exact) mass is 309 g/mol. The molecule has 0 saturated carbocycles. The Balaban J connectivity index is 0. The second-order valence-corrected chi connectivity index (χ2v) is 4.54. The zero-order valence-corrected chi connectivity index (χ0v) is 14.9. The van der Waals surface area contributed by atoms with Gasteiger partial charge in [-0.1, -0.05) is 20.8 Å². The van der Waals surface area contributed by atoms with Gasteiger partial charge in [0.2, 0.25) is 5.75 Å². The minimum Gasteiger partial charge on any atom is -0.888 e. The number of hydrogen-bond donors (Lipinski definition) is 0. The molecular weight excluding hydrogens is 287 g/mol. The van der Waals surface area contributed by atoms with E-state index in [2.05, 4.69) is 4.98 Å². The number of hydrogen-bond acceptors (Lipinski definition) is 6. The predicted octanol–water partition coefficient (Wildman–Crippen LogP) is -6.13. The van der Waals surface area contributed by atoms with Gasteiger partial charge in [0, 0.05) is 5.59 Å². The topological polar surface area (TPSA) is 86.7 Å². The summed E-state index contributed by atoms with van der Waals surface area (Å²) in [5.74, 6) is 0.829. The van der Waals surface area contributed by atoms with Crippen LogP contribution in [0.2, 0.25) is 0 Å². The molecule has 0 saturated heterocycles. The van der Waals surface area contributed by atoms with Crippen LogP contribution in [0.1, 0.15) is 40.0 Å². The van der Waals surface area contributed by atoms with E-state index in [1.54, 1.807) is 0 Å². The number of aromatic nitrogens is 1. The summed E-state index contributed by atoms with van der Waals surface area (Å²) < 4.78 is 16.7. The van der Waals surface area contributed by atoms with Crippen LogP contribution in [0.15, 0.2) is 6.20 Å². The molecule has 0 radical (unpaired) electrons. The summed E-state index contributed by atoms with van der Waals surface area (Å²) in [6.45, 7) is 7.19. The summed E-state index contributed by atoms with van der Waals surface area (Å²) in [7, 11) is -2.22. The maximum Gasteiger partial charge on any atom is 1.00 e. The van der Waals surface area contributed by atoms with Crippen molar-refractivity contribution in [2.24, 2.45) is 0 Å². The van der Waals surface area contributed by atoms with Gasteiger partial charge in [0.25, 0.3) is 0 Å². The fraction of sp³-hybridized carbons (Fsp3) is 0.643. The van der Waals surface area contributed by atoms with Crippen LogP contribution >= 0.6 is 0 Å². The Morgan fingerprint density at radius 1 is 0.870 bits per heavy atom. The Hall–Kier alpha value is -0.270. The zero-order chi connectivity index (χ0) is 15.7. The third-order valence-corrected chi connectivity index (χ3v) is 2.57. The van der Waals surface area contributed by atoms with Crippen LogP contribution in [-0.4, -0.2) is 31.9 Å². The quantitative estimate of drug-likeness (QED) is 0.400. The van der Waals surface area contributed by atoms with Crippen molar-refractivity contribution in [2.45, 2.75) is 40.0 Å². The maximum atomic E-state index is 11.3. The van der Waals surface area contributed by atoms with Gasteiger partial charge in [-0.3, -0.25) is 4.98 Å². The molecule has 0 amide bonds. The molecule has 0 aliphatic rings. The standard InChI is InChI=1S/C14H22BNO5.2Li/c1-4-7-19-11-10-16-14(15(17)18)13(21-9-6-3)12(11)20-8-5-2;;/h10H,4-9H2,1-3H3;;/q-2;2*+1. The SMILES string of the molecule is CCCOc1cnc(B([O-])[O-])c(OCCC)c1OCCC.[Li+].[Li+]. The minimum atomic E-state index is -2.22. The molecular formula is C14H22BLi2NO5. The first-order valence-electron chi connectivity index (χ1n) is 7.38. The van der Waals surface area contributed by atoms with Crippen molar-refractivity contribution in [3.63, 3.8) is 0 Å². The van der Waals surface area contributed by atoms with Crippen molar-refractivity contribution in [3.8, 4) is 17.2 Å². The van der Waals surface area contributed by atoms with Gasteiger partial charge in [0.05, 0.1) is 26.0 Å². The second kappa shape index (κ2) is 14.1. The molecule has 9 heteroatoms. The summed E-state index contributed by atoms with van der Waals surface area (Å²) >= 11 is 0. The second-order valence-electron chi connectivity index (χ2n) is 4.54. The predicted molar refractivity (Wildman–Crippen MR) is 77.0 cm³/mol. The van der Waals surface area contributed by atoms with E-state index in [-0.39, 0.29) is 49.1 Å². The average Bonchev–Trinajstić information content (AvgIpc) is 2.48. The Morgan fingerprint density at radius 3 is 1.83 bits per heavy atom. The molecule has 23 heavy (non-hydrogen) atoms. The van der Waals surface area contributed by atoms with Crippen LogP contribution in [0.25, 0.3) is 0 Å². The van der Waals surface area contributed by atoms with E-state index in [1.807, 2.05) is 20.8 Å². The molecule has 1 rings (SSSR count). The van der Waals surface area contributed by atoms with Gasteiger partial charge in [-0.05, 0) is 26.4 Å². The smallest absolute Gasteiger partial charge is 0.888 e. The molecule has 1 aromatic heterocycles. The Kier molecular flexibility index (Phi) is 15.3. The Bertz CT molecular complexity index is 438. The summed E-state index contributed by atoms with van der Waals surface area (Å²) in [5, 5.41) is 22.5. The molecule has 0 aliphatic heterocycles. The van der Waals surface area contributed by atoms with Gasteiger partial charge in [-0.2, -0.15) is 0 Å². The summed E-state index contributed by atoms with van der Waals surface area (Å²) in [5.41, 5.74) is -0.182. The van der Waals surface area contributed by atoms with Gasteiger partial charge in [-0.25, -0.2) is 0 Å². The fourth-order valence-corrected chi connectivity index (χ4v) is 1.64. The van der Waals surface area contributed by atoms with E-state index in [1.165, 1.54) is 6.20 Å². The van der Waals surface area contributed by atoms with E-state index in [9.17, 15) is 10.0 Å². The zero-order valence-electron chi connectivity index (χ0n) is 14.9. The number of ether oxygens (including phenoxy) is 3.